The molecule has 2 aromatic carbocycles. The summed E-state index contributed by atoms with van der Waals surface area (Å²) < 4.78 is 34.2. The van der Waals surface area contributed by atoms with Crippen molar-refractivity contribution in [1.82, 2.24) is 14.2 Å². The average Bonchev–Trinajstić information content (AvgIpc) is 3.28. The summed E-state index contributed by atoms with van der Waals surface area (Å²) in [5.41, 5.74) is 2.89. The van der Waals surface area contributed by atoms with Gasteiger partial charge in [0.2, 0.25) is 10.0 Å². The molecule has 0 spiro atoms. The Kier molecular flexibility index (Phi) is 6.20. The van der Waals surface area contributed by atoms with Crippen molar-refractivity contribution < 1.29 is 17.6 Å². The second kappa shape index (κ2) is 9.15. The van der Waals surface area contributed by atoms with Crippen LogP contribution in [0, 0.1) is 6.92 Å². The predicted molar refractivity (Wildman–Crippen MR) is 130 cm³/mol. The highest BCUT2D eigenvalue weighted by atomic mass is 32.2. The van der Waals surface area contributed by atoms with Gasteiger partial charge in [0, 0.05) is 37.2 Å². The molecule has 2 aliphatic heterocycles. The number of aryl methyl sites for hydroxylation is 1. The van der Waals surface area contributed by atoms with Gasteiger partial charge in [-0.15, -0.1) is 0 Å². The number of likely N-dealkylation sites (tertiary alicyclic amines) is 1. The van der Waals surface area contributed by atoms with Crippen molar-refractivity contribution in [3.05, 3.63) is 59.5 Å². The molecule has 3 aromatic rings. The monoisotopic (exact) mass is 481 g/mol. The summed E-state index contributed by atoms with van der Waals surface area (Å²) in [4.78, 5) is 20.1. The maximum atomic E-state index is 13.4. The highest BCUT2D eigenvalue weighted by Gasteiger charge is 2.33. The van der Waals surface area contributed by atoms with Crippen LogP contribution in [0.25, 0.3) is 11.1 Å². The van der Waals surface area contributed by atoms with E-state index in [1.54, 1.807) is 22.5 Å². The van der Waals surface area contributed by atoms with Gasteiger partial charge in [0.15, 0.2) is 11.5 Å². The molecule has 1 amide bonds. The number of para-hydroxylation sites is 2. The minimum absolute atomic E-state index is 0.0231. The van der Waals surface area contributed by atoms with Crippen LogP contribution in [0.15, 0.2) is 51.8 Å². The van der Waals surface area contributed by atoms with Crippen LogP contribution >= 0.6 is 0 Å². The van der Waals surface area contributed by atoms with Crippen LogP contribution in [0.1, 0.15) is 66.8 Å². The smallest absolute Gasteiger partial charge is 0.254 e. The molecule has 3 heterocycles. The van der Waals surface area contributed by atoms with Gasteiger partial charge in [0.1, 0.15) is 5.52 Å². The first kappa shape index (κ1) is 23.1. The van der Waals surface area contributed by atoms with E-state index in [2.05, 4.69) is 4.98 Å². The molecule has 1 atom stereocenters. The quantitative estimate of drug-likeness (QED) is 0.538. The molecular formula is C26H31N3O4S. The number of hydrogen-bond acceptors (Lipinski definition) is 5. The highest BCUT2D eigenvalue weighted by Crippen LogP contribution is 2.31. The minimum atomic E-state index is -3.63. The SMILES string of the molecule is Cc1ccc(S(=O)(=O)N2CCCCC2C)cc1C(=O)N1CCC(c2nc3ccccc3o2)CC1. The Morgan fingerprint density at radius 3 is 2.53 bits per heavy atom. The van der Waals surface area contributed by atoms with E-state index in [0.717, 1.165) is 54.7 Å². The molecule has 0 N–H and O–H groups in total. The number of hydrogen-bond donors (Lipinski definition) is 0. The molecule has 0 saturated carbocycles. The van der Waals surface area contributed by atoms with E-state index in [9.17, 15) is 13.2 Å². The molecule has 0 aliphatic carbocycles. The van der Waals surface area contributed by atoms with E-state index >= 15 is 0 Å². The molecule has 2 fully saturated rings. The molecule has 8 heteroatoms. The first-order chi connectivity index (χ1) is 16.3. The van der Waals surface area contributed by atoms with Crippen LogP contribution in [0.5, 0.6) is 0 Å². The van der Waals surface area contributed by atoms with Crippen molar-refractivity contribution in [3.8, 4) is 0 Å². The van der Waals surface area contributed by atoms with Crippen LogP contribution in [0.2, 0.25) is 0 Å². The first-order valence-electron chi connectivity index (χ1n) is 12.1. The average molecular weight is 482 g/mol. The van der Waals surface area contributed by atoms with Crippen molar-refractivity contribution >= 4 is 27.0 Å². The standard InChI is InChI=1S/C26H31N3O4S/c1-18-10-11-21(34(31,32)29-14-6-5-7-19(29)2)17-22(18)26(30)28-15-12-20(13-16-28)25-27-23-8-3-4-9-24(23)33-25/h3-4,8-11,17,19-20H,5-7,12-16H2,1-2H3. The lowest BCUT2D eigenvalue weighted by molar-refractivity contribution is 0.0705. The Morgan fingerprint density at radius 1 is 1.03 bits per heavy atom. The summed E-state index contributed by atoms with van der Waals surface area (Å²) in [5, 5.41) is 0. The second-order valence-electron chi connectivity index (χ2n) is 9.52. The third kappa shape index (κ3) is 4.25. The number of carbonyl (C=O) groups is 1. The topological polar surface area (TPSA) is 83.7 Å². The van der Waals surface area contributed by atoms with Crippen molar-refractivity contribution in [2.45, 2.75) is 62.8 Å². The van der Waals surface area contributed by atoms with Crippen molar-refractivity contribution in [1.29, 1.82) is 0 Å². The lowest BCUT2D eigenvalue weighted by Gasteiger charge is -2.33. The third-order valence-electron chi connectivity index (χ3n) is 7.23. The van der Waals surface area contributed by atoms with Gasteiger partial charge in [-0.2, -0.15) is 4.31 Å². The summed E-state index contributed by atoms with van der Waals surface area (Å²) in [5.74, 6) is 0.787. The molecule has 0 radical (unpaired) electrons. The number of fused-ring (bicyclic) bond motifs is 1. The zero-order valence-electron chi connectivity index (χ0n) is 19.7. The molecule has 2 aliphatic rings. The predicted octanol–water partition coefficient (Wildman–Crippen LogP) is 4.72. The summed E-state index contributed by atoms with van der Waals surface area (Å²) in [7, 11) is -3.63. The van der Waals surface area contributed by atoms with Gasteiger partial charge in [0.05, 0.1) is 4.90 Å². The van der Waals surface area contributed by atoms with Crippen LogP contribution in [0.4, 0.5) is 0 Å². The molecule has 0 bridgehead atoms. The van der Waals surface area contributed by atoms with Gasteiger partial charge in [-0.3, -0.25) is 4.79 Å². The fraction of sp³-hybridized carbons (Fsp3) is 0.462. The number of carbonyl (C=O) groups excluding carboxylic acids is 1. The van der Waals surface area contributed by atoms with Crippen molar-refractivity contribution in [2.75, 3.05) is 19.6 Å². The molecular weight excluding hydrogens is 450 g/mol. The Hall–Kier alpha value is -2.71. The Balaban J connectivity index is 1.32. The number of rotatable bonds is 4. The van der Waals surface area contributed by atoms with Gasteiger partial charge in [-0.25, -0.2) is 13.4 Å². The zero-order valence-corrected chi connectivity index (χ0v) is 20.6. The number of aromatic nitrogens is 1. The molecule has 1 aromatic heterocycles. The van der Waals surface area contributed by atoms with Gasteiger partial charge in [-0.1, -0.05) is 24.6 Å². The number of sulfonamides is 1. The second-order valence-corrected chi connectivity index (χ2v) is 11.4. The van der Waals surface area contributed by atoms with Crippen molar-refractivity contribution in [2.24, 2.45) is 0 Å². The highest BCUT2D eigenvalue weighted by molar-refractivity contribution is 7.89. The Bertz CT molecular complexity index is 1280. The largest absolute Gasteiger partial charge is 0.440 e. The minimum Gasteiger partial charge on any atom is -0.440 e. The van der Waals surface area contributed by atoms with Crippen LogP contribution in [-0.2, 0) is 10.0 Å². The number of amides is 1. The molecule has 34 heavy (non-hydrogen) atoms. The molecule has 1 unspecified atom stereocenters. The van der Waals surface area contributed by atoms with E-state index in [1.165, 1.54) is 0 Å². The normalized spacial score (nSPS) is 20.6. The Morgan fingerprint density at radius 2 is 1.79 bits per heavy atom. The fourth-order valence-electron chi connectivity index (χ4n) is 5.12. The number of benzene rings is 2. The fourth-order valence-corrected chi connectivity index (χ4v) is 6.85. The van der Waals surface area contributed by atoms with Gasteiger partial charge in [-0.05, 0) is 69.4 Å². The maximum absolute atomic E-state index is 13.4. The molecule has 2 saturated heterocycles. The first-order valence-corrected chi connectivity index (χ1v) is 13.6. The van der Waals surface area contributed by atoms with Crippen LogP contribution in [-0.4, -0.2) is 54.2 Å². The number of nitrogens with zero attached hydrogens (tertiary/aromatic N) is 3. The summed E-state index contributed by atoms with van der Waals surface area (Å²) >= 11 is 0. The van der Waals surface area contributed by atoms with E-state index in [-0.39, 0.29) is 22.8 Å². The van der Waals surface area contributed by atoms with Crippen LogP contribution in [0.3, 0.4) is 0 Å². The van der Waals surface area contributed by atoms with E-state index in [0.29, 0.717) is 25.2 Å². The van der Waals surface area contributed by atoms with E-state index in [4.69, 9.17) is 4.42 Å². The van der Waals surface area contributed by atoms with E-state index < -0.39 is 10.0 Å². The number of piperidine rings is 2. The maximum Gasteiger partial charge on any atom is 0.254 e. The van der Waals surface area contributed by atoms with Gasteiger partial charge in [0.25, 0.3) is 5.91 Å². The van der Waals surface area contributed by atoms with Gasteiger partial charge >= 0.3 is 0 Å². The summed E-state index contributed by atoms with van der Waals surface area (Å²) in [6.07, 6.45) is 4.31. The number of oxazole rings is 1. The van der Waals surface area contributed by atoms with E-state index in [1.807, 2.05) is 43.0 Å². The lowest BCUT2D eigenvalue weighted by atomic mass is 9.96. The lowest BCUT2D eigenvalue weighted by Crippen LogP contribution is -2.42. The molecule has 180 valence electrons. The third-order valence-corrected chi connectivity index (χ3v) is 9.24. The summed E-state index contributed by atoms with van der Waals surface area (Å²) in [6, 6.07) is 12.7. The summed E-state index contributed by atoms with van der Waals surface area (Å²) in [6.45, 7) is 5.52. The molecule has 7 nitrogen and oxygen atoms in total. The molecule has 5 rings (SSSR count). The van der Waals surface area contributed by atoms with Crippen molar-refractivity contribution in [3.63, 3.8) is 0 Å². The Labute approximate surface area is 200 Å². The van der Waals surface area contributed by atoms with Gasteiger partial charge < -0.3 is 9.32 Å². The van der Waals surface area contributed by atoms with Crippen LogP contribution < -0.4 is 0 Å². The zero-order chi connectivity index (χ0) is 23.9.